The van der Waals surface area contributed by atoms with E-state index in [0.717, 1.165) is 60.7 Å². The SMILES string of the molecule is O=C(Cc1ccccc1)NCc1nnc2n1CCN(Cc1ccc3cccnc3c1)CC2. The highest BCUT2D eigenvalue weighted by Gasteiger charge is 2.19. The molecule has 0 saturated carbocycles. The Hall–Kier alpha value is -3.58. The van der Waals surface area contributed by atoms with Crippen molar-refractivity contribution in [2.45, 2.75) is 32.5 Å². The lowest BCUT2D eigenvalue weighted by molar-refractivity contribution is -0.120. The van der Waals surface area contributed by atoms with Gasteiger partial charge >= 0.3 is 0 Å². The van der Waals surface area contributed by atoms with Gasteiger partial charge in [-0.05, 0) is 23.3 Å². The van der Waals surface area contributed by atoms with E-state index in [0.29, 0.717) is 13.0 Å². The fraction of sp³-hybridized carbons (Fsp3) is 0.280. The van der Waals surface area contributed by atoms with Gasteiger partial charge in [0.2, 0.25) is 5.91 Å². The first-order valence-electron chi connectivity index (χ1n) is 11.0. The van der Waals surface area contributed by atoms with Crippen LogP contribution in [-0.2, 0) is 37.3 Å². The third-order valence-electron chi connectivity index (χ3n) is 5.92. The highest BCUT2D eigenvalue weighted by Crippen LogP contribution is 2.17. The third-order valence-corrected chi connectivity index (χ3v) is 5.92. The number of pyridine rings is 1. The van der Waals surface area contributed by atoms with Gasteiger partial charge in [0.1, 0.15) is 5.82 Å². The van der Waals surface area contributed by atoms with Gasteiger partial charge in [0, 0.05) is 44.2 Å². The van der Waals surface area contributed by atoms with Gasteiger partial charge in [0.25, 0.3) is 0 Å². The molecular formula is C25H26N6O. The van der Waals surface area contributed by atoms with Gasteiger partial charge in [-0.1, -0.05) is 48.5 Å². The first-order valence-corrected chi connectivity index (χ1v) is 11.0. The fourth-order valence-corrected chi connectivity index (χ4v) is 4.21. The number of nitrogens with one attached hydrogen (secondary N) is 1. The summed E-state index contributed by atoms with van der Waals surface area (Å²) in [6, 6.07) is 20.3. The topological polar surface area (TPSA) is 75.9 Å². The number of fused-ring (bicyclic) bond motifs is 2. The Balaban J connectivity index is 1.19. The van der Waals surface area contributed by atoms with E-state index in [9.17, 15) is 4.79 Å². The molecule has 0 atom stereocenters. The zero-order valence-corrected chi connectivity index (χ0v) is 17.9. The molecule has 0 saturated heterocycles. The Morgan fingerprint density at radius 2 is 1.84 bits per heavy atom. The van der Waals surface area contributed by atoms with Crippen molar-refractivity contribution in [3.05, 3.63) is 89.6 Å². The lowest BCUT2D eigenvalue weighted by Gasteiger charge is -2.20. The summed E-state index contributed by atoms with van der Waals surface area (Å²) in [7, 11) is 0. The molecule has 2 aromatic heterocycles. The third kappa shape index (κ3) is 4.68. The van der Waals surface area contributed by atoms with E-state index >= 15 is 0 Å². The van der Waals surface area contributed by atoms with Gasteiger partial charge in [-0.25, -0.2) is 0 Å². The first kappa shape index (κ1) is 20.3. The van der Waals surface area contributed by atoms with Gasteiger partial charge < -0.3 is 9.88 Å². The molecule has 3 heterocycles. The van der Waals surface area contributed by atoms with Crippen molar-refractivity contribution in [1.29, 1.82) is 0 Å². The molecule has 0 radical (unpaired) electrons. The normalized spacial score (nSPS) is 14.1. The zero-order valence-electron chi connectivity index (χ0n) is 17.9. The number of aromatic nitrogens is 4. The molecule has 162 valence electrons. The van der Waals surface area contributed by atoms with E-state index in [1.54, 1.807) is 0 Å². The van der Waals surface area contributed by atoms with Crippen LogP contribution in [0.3, 0.4) is 0 Å². The molecule has 0 spiro atoms. The van der Waals surface area contributed by atoms with E-state index in [4.69, 9.17) is 0 Å². The summed E-state index contributed by atoms with van der Waals surface area (Å²) in [5.74, 6) is 1.80. The van der Waals surface area contributed by atoms with Crippen LogP contribution in [0.5, 0.6) is 0 Å². The molecule has 7 nitrogen and oxygen atoms in total. The fourth-order valence-electron chi connectivity index (χ4n) is 4.21. The van der Waals surface area contributed by atoms with Crippen molar-refractivity contribution >= 4 is 16.8 Å². The molecule has 32 heavy (non-hydrogen) atoms. The minimum absolute atomic E-state index is 0.00582. The molecule has 7 heteroatoms. The molecule has 1 aliphatic heterocycles. The van der Waals surface area contributed by atoms with Crippen LogP contribution in [0.2, 0.25) is 0 Å². The molecule has 1 N–H and O–H groups in total. The average molecular weight is 427 g/mol. The number of benzene rings is 2. The first-order chi connectivity index (χ1) is 15.7. The van der Waals surface area contributed by atoms with Crippen LogP contribution in [0.1, 0.15) is 22.8 Å². The summed E-state index contributed by atoms with van der Waals surface area (Å²) < 4.78 is 2.16. The Labute approximate surface area is 187 Å². The second-order valence-electron chi connectivity index (χ2n) is 8.18. The van der Waals surface area contributed by atoms with Crippen LogP contribution in [0.25, 0.3) is 10.9 Å². The Kier molecular flexibility index (Phi) is 5.89. The Morgan fingerprint density at radius 3 is 2.75 bits per heavy atom. The minimum Gasteiger partial charge on any atom is -0.349 e. The lowest BCUT2D eigenvalue weighted by atomic mass is 10.1. The van der Waals surface area contributed by atoms with Gasteiger partial charge in [-0.3, -0.25) is 14.7 Å². The molecule has 0 fully saturated rings. The predicted molar refractivity (Wildman–Crippen MR) is 123 cm³/mol. The maximum atomic E-state index is 12.3. The van der Waals surface area contributed by atoms with Crippen molar-refractivity contribution in [3.63, 3.8) is 0 Å². The summed E-state index contributed by atoms with van der Waals surface area (Å²) in [5, 5.41) is 12.9. The highest BCUT2D eigenvalue weighted by molar-refractivity contribution is 5.79. The number of carbonyl (C=O) groups excluding carboxylic acids is 1. The smallest absolute Gasteiger partial charge is 0.224 e. The lowest BCUT2D eigenvalue weighted by Crippen LogP contribution is -2.28. The summed E-state index contributed by atoms with van der Waals surface area (Å²) >= 11 is 0. The van der Waals surface area contributed by atoms with Crippen molar-refractivity contribution in [2.75, 3.05) is 13.1 Å². The summed E-state index contributed by atoms with van der Waals surface area (Å²) in [6.45, 7) is 3.94. The standard InChI is InChI=1S/C25H26N6O/c32-25(16-19-5-2-1-3-6-19)27-17-24-29-28-23-10-12-30(13-14-31(23)24)18-20-8-9-21-7-4-11-26-22(21)15-20/h1-9,11,15H,10,12-14,16-18H2,(H,27,32). The molecule has 1 amide bonds. The minimum atomic E-state index is -0.00582. The monoisotopic (exact) mass is 426 g/mol. The number of carbonyl (C=O) groups is 1. The number of nitrogens with zero attached hydrogens (tertiary/aromatic N) is 5. The van der Waals surface area contributed by atoms with Crippen molar-refractivity contribution in [3.8, 4) is 0 Å². The van der Waals surface area contributed by atoms with E-state index < -0.39 is 0 Å². The molecule has 4 aromatic rings. The second-order valence-corrected chi connectivity index (χ2v) is 8.18. The van der Waals surface area contributed by atoms with Crippen molar-refractivity contribution in [2.24, 2.45) is 0 Å². The van der Waals surface area contributed by atoms with Crippen LogP contribution >= 0.6 is 0 Å². The maximum Gasteiger partial charge on any atom is 0.224 e. The van der Waals surface area contributed by atoms with Crippen molar-refractivity contribution in [1.82, 2.24) is 30.0 Å². The molecule has 1 aliphatic rings. The van der Waals surface area contributed by atoms with E-state index in [-0.39, 0.29) is 5.91 Å². The molecular weight excluding hydrogens is 400 g/mol. The van der Waals surface area contributed by atoms with Crippen LogP contribution in [0.15, 0.2) is 66.9 Å². The van der Waals surface area contributed by atoms with E-state index in [2.05, 4.69) is 54.2 Å². The van der Waals surface area contributed by atoms with E-state index in [1.165, 1.54) is 5.56 Å². The van der Waals surface area contributed by atoms with Crippen molar-refractivity contribution < 1.29 is 4.79 Å². The number of rotatable bonds is 6. The average Bonchev–Trinajstić information content (AvgIpc) is 3.10. The Morgan fingerprint density at radius 1 is 0.938 bits per heavy atom. The molecule has 0 aliphatic carbocycles. The zero-order chi connectivity index (χ0) is 21.8. The maximum absolute atomic E-state index is 12.3. The Bertz CT molecular complexity index is 1220. The predicted octanol–water partition coefficient (Wildman–Crippen LogP) is 2.74. The summed E-state index contributed by atoms with van der Waals surface area (Å²) in [4.78, 5) is 19.2. The van der Waals surface area contributed by atoms with E-state index in [1.807, 2.05) is 42.6 Å². The summed E-state index contributed by atoms with van der Waals surface area (Å²) in [5.41, 5.74) is 3.30. The number of amides is 1. The van der Waals surface area contributed by atoms with Crippen LogP contribution in [0.4, 0.5) is 0 Å². The van der Waals surface area contributed by atoms with Crippen LogP contribution in [0, 0.1) is 0 Å². The molecule has 2 aromatic carbocycles. The van der Waals surface area contributed by atoms with Gasteiger partial charge in [0.15, 0.2) is 5.82 Å². The number of hydrogen-bond donors (Lipinski definition) is 1. The molecule has 0 bridgehead atoms. The molecule has 5 rings (SSSR count). The van der Waals surface area contributed by atoms with Gasteiger partial charge in [-0.2, -0.15) is 0 Å². The molecule has 0 unspecified atom stereocenters. The van der Waals surface area contributed by atoms with Crippen LogP contribution in [-0.4, -0.2) is 43.6 Å². The van der Waals surface area contributed by atoms with Crippen LogP contribution < -0.4 is 5.32 Å². The quantitative estimate of drug-likeness (QED) is 0.513. The van der Waals surface area contributed by atoms with Gasteiger partial charge in [-0.15, -0.1) is 10.2 Å². The second kappa shape index (κ2) is 9.28. The largest absolute Gasteiger partial charge is 0.349 e. The highest BCUT2D eigenvalue weighted by atomic mass is 16.1. The van der Waals surface area contributed by atoms with Gasteiger partial charge in [0.05, 0.1) is 18.5 Å². The summed E-state index contributed by atoms with van der Waals surface area (Å²) in [6.07, 6.45) is 3.05. The number of hydrogen-bond acceptors (Lipinski definition) is 5.